The van der Waals surface area contributed by atoms with Gasteiger partial charge in [-0.25, -0.2) is 9.59 Å². The molecule has 1 atom stereocenters. The van der Waals surface area contributed by atoms with E-state index in [9.17, 15) is 9.59 Å². The third-order valence-electron chi connectivity index (χ3n) is 3.30. The highest BCUT2D eigenvalue weighted by Crippen LogP contribution is 2.15. The Morgan fingerprint density at radius 1 is 1.07 bits per heavy atom. The maximum Gasteiger partial charge on any atom is 0.407 e. The minimum absolute atomic E-state index is 0.322. The van der Waals surface area contributed by atoms with Crippen LogP contribution in [0.1, 0.15) is 40.2 Å². The lowest BCUT2D eigenvalue weighted by Crippen LogP contribution is -2.34. The Morgan fingerprint density at radius 3 is 2.30 bits per heavy atom. The first-order chi connectivity index (χ1) is 12.7. The topological polar surface area (TPSA) is 83.1 Å². The van der Waals surface area contributed by atoms with Gasteiger partial charge in [-0.3, -0.25) is 0 Å². The van der Waals surface area contributed by atoms with E-state index in [-0.39, 0.29) is 5.97 Å². The molecule has 0 radical (unpaired) electrons. The number of benzene rings is 1. The van der Waals surface area contributed by atoms with Gasteiger partial charge in [0.2, 0.25) is 0 Å². The lowest BCUT2D eigenvalue weighted by molar-refractivity contribution is -0.156. The predicted molar refractivity (Wildman–Crippen MR) is 102 cm³/mol. The summed E-state index contributed by atoms with van der Waals surface area (Å²) in [6, 6.07) is 7.39. The van der Waals surface area contributed by atoms with Gasteiger partial charge in [-0.05, 0) is 52.3 Å². The number of carbonyl (C=O) groups is 2. The molecule has 1 unspecified atom stereocenters. The zero-order valence-electron chi connectivity index (χ0n) is 16.9. The van der Waals surface area contributed by atoms with E-state index in [4.69, 9.17) is 18.9 Å². The zero-order valence-corrected chi connectivity index (χ0v) is 16.9. The number of rotatable bonds is 10. The molecule has 0 bridgehead atoms. The third-order valence-corrected chi connectivity index (χ3v) is 3.30. The summed E-state index contributed by atoms with van der Waals surface area (Å²) in [4.78, 5) is 23.4. The smallest absolute Gasteiger partial charge is 0.407 e. The van der Waals surface area contributed by atoms with Crippen LogP contribution in [0.15, 0.2) is 24.3 Å². The van der Waals surface area contributed by atoms with Crippen molar-refractivity contribution < 1.29 is 28.5 Å². The van der Waals surface area contributed by atoms with Crippen molar-refractivity contribution in [2.45, 2.75) is 52.7 Å². The molecule has 0 spiro atoms. The summed E-state index contributed by atoms with van der Waals surface area (Å²) in [7, 11) is 0. The van der Waals surface area contributed by atoms with Crippen molar-refractivity contribution in [3.63, 3.8) is 0 Å². The van der Waals surface area contributed by atoms with Crippen molar-refractivity contribution in [3.05, 3.63) is 29.8 Å². The van der Waals surface area contributed by atoms with Gasteiger partial charge in [0.15, 0.2) is 6.10 Å². The molecule has 1 aromatic carbocycles. The molecule has 152 valence electrons. The van der Waals surface area contributed by atoms with Gasteiger partial charge >= 0.3 is 12.1 Å². The molecule has 0 aliphatic heterocycles. The number of amides is 1. The molecule has 1 N–H and O–H groups in total. The van der Waals surface area contributed by atoms with Gasteiger partial charge in [-0.2, -0.15) is 0 Å². The summed E-state index contributed by atoms with van der Waals surface area (Å²) in [5, 5.41) is 2.63. The molecule has 0 saturated carbocycles. The van der Waals surface area contributed by atoms with Gasteiger partial charge in [0.1, 0.15) is 18.0 Å². The van der Waals surface area contributed by atoms with Crippen LogP contribution < -0.4 is 10.1 Å². The molecule has 1 rings (SSSR count). The van der Waals surface area contributed by atoms with Crippen LogP contribution in [0.2, 0.25) is 0 Å². The van der Waals surface area contributed by atoms with Gasteiger partial charge in [0.05, 0.1) is 13.2 Å². The van der Waals surface area contributed by atoms with E-state index in [1.807, 2.05) is 52.0 Å². The summed E-state index contributed by atoms with van der Waals surface area (Å²) in [6.45, 7) is 10.5. The van der Waals surface area contributed by atoms with E-state index in [1.165, 1.54) is 0 Å². The molecule has 0 saturated heterocycles. The lowest BCUT2D eigenvalue weighted by atomic mass is 10.1. The van der Waals surface area contributed by atoms with E-state index >= 15 is 0 Å². The SMILES string of the molecule is CCOC(=O)C(Cc1ccc(OCCNC(=O)OC(C)(C)C)cc1)OCC. The second kappa shape index (κ2) is 11.4. The minimum atomic E-state index is -0.611. The molecule has 1 aromatic rings. The summed E-state index contributed by atoms with van der Waals surface area (Å²) in [6.07, 6.45) is -0.644. The quantitative estimate of drug-likeness (QED) is 0.495. The van der Waals surface area contributed by atoms with Gasteiger partial charge in [0.25, 0.3) is 0 Å². The second-order valence-corrected chi connectivity index (χ2v) is 6.82. The molecule has 0 aliphatic rings. The van der Waals surface area contributed by atoms with Crippen molar-refractivity contribution in [2.24, 2.45) is 0 Å². The fourth-order valence-electron chi connectivity index (χ4n) is 2.22. The lowest BCUT2D eigenvalue weighted by Gasteiger charge is -2.19. The van der Waals surface area contributed by atoms with Gasteiger partial charge in [0, 0.05) is 13.0 Å². The normalized spacial score (nSPS) is 12.2. The Labute approximate surface area is 161 Å². The highest BCUT2D eigenvalue weighted by Gasteiger charge is 2.20. The molecule has 0 aliphatic carbocycles. The number of esters is 1. The van der Waals surface area contributed by atoms with E-state index in [2.05, 4.69) is 5.32 Å². The number of carbonyl (C=O) groups excluding carboxylic acids is 2. The molecular formula is C20H31NO6. The third kappa shape index (κ3) is 9.84. The molecule has 7 heteroatoms. The summed E-state index contributed by atoms with van der Waals surface area (Å²) in [5.74, 6) is 0.321. The Balaban J connectivity index is 2.42. The molecule has 1 amide bonds. The van der Waals surface area contributed by atoms with E-state index in [0.717, 1.165) is 5.56 Å². The van der Waals surface area contributed by atoms with Crippen molar-refractivity contribution in [1.29, 1.82) is 0 Å². The van der Waals surface area contributed by atoms with E-state index in [1.54, 1.807) is 6.92 Å². The Bertz CT molecular complexity index is 579. The van der Waals surface area contributed by atoms with Gasteiger partial charge < -0.3 is 24.3 Å². The monoisotopic (exact) mass is 381 g/mol. The van der Waals surface area contributed by atoms with E-state index < -0.39 is 17.8 Å². The fourth-order valence-corrected chi connectivity index (χ4v) is 2.22. The van der Waals surface area contributed by atoms with Crippen LogP contribution in [0.4, 0.5) is 4.79 Å². The van der Waals surface area contributed by atoms with Gasteiger partial charge in [-0.1, -0.05) is 12.1 Å². The van der Waals surface area contributed by atoms with Crippen molar-refractivity contribution in [3.8, 4) is 5.75 Å². The average molecular weight is 381 g/mol. The number of ether oxygens (including phenoxy) is 4. The number of hydrogen-bond acceptors (Lipinski definition) is 6. The molecule has 0 fully saturated rings. The highest BCUT2D eigenvalue weighted by atomic mass is 16.6. The standard InChI is InChI=1S/C20H31NO6/c1-6-24-17(18(22)25-7-2)14-15-8-10-16(11-9-15)26-13-12-21-19(23)27-20(3,4)5/h8-11,17H,6-7,12-14H2,1-5H3,(H,21,23). The van der Waals surface area contributed by atoms with Crippen molar-refractivity contribution >= 4 is 12.1 Å². The first-order valence-corrected chi connectivity index (χ1v) is 9.22. The molecule has 27 heavy (non-hydrogen) atoms. The first kappa shape index (κ1) is 22.8. The average Bonchev–Trinajstić information content (AvgIpc) is 2.58. The van der Waals surface area contributed by atoms with Crippen LogP contribution in [-0.4, -0.2) is 50.1 Å². The molecule has 7 nitrogen and oxygen atoms in total. The largest absolute Gasteiger partial charge is 0.492 e. The zero-order chi connectivity index (χ0) is 20.3. The maximum atomic E-state index is 11.9. The first-order valence-electron chi connectivity index (χ1n) is 9.22. The minimum Gasteiger partial charge on any atom is -0.492 e. The van der Waals surface area contributed by atoms with Crippen LogP contribution in [0, 0.1) is 0 Å². The van der Waals surface area contributed by atoms with Crippen LogP contribution in [-0.2, 0) is 25.4 Å². The van der Waals surface area contributed by atoms with Crippen molar-refractivity contribution in [2.75, 3.05) is 26.4 Å². The predicted octanol–water partition coefficient (Wildman–Crippen LogP) is 3.10. The maximum absolute atomic E-state index is 11.9. The molecular weight excluding hydrogens is 350 g/mol. The van der Waals surface area contributed by atoms with Crippen LogP contribution in [0.3, 0.4) is 0 Å². The summed E-state index contributed by atoms with van der Waals surface area (Å²) >= 11 is 0. The van der Waals surface area contributed by atoms with Crippen LogP contribution >= 0.6 is 0 Å². The Hall–Kier alpha value is -2.28. The van der Waals surface area contributed by atoms with Crippen LogP contribution in [0.5, 0.6) is 5.75 Å². The fraction of sp³-hybridized carbons (Fsp3) is 0.600. The Kier molecular flexibility index (Phi) is 9.64. The second-order valence-electron chi connectivity index (χ2n) is 6.82. The summed E-state index contributed by atoms with van der Waals surface area (Å²) < 4.78 is 21.2. The molecule has 0 heterocycles. The molecule has 0 aromatic heterocycles. The number of nitrogens with one attached hydrogen (secondary N) is 1. The van der Waals surface area contributed by atoms with Crippen LogP contribution in [0.25, 0.3) is 0 Å². The number of hydrogen-bond donors (Lipinski definition) is 1. The summed E-state index contributed by atoms with van der Waals surface area (Å²) in [5.41, 5.74) is 0.421. The number of alkyl carbamates (subject to hydrolysis) is 1. The van der Waals surface area contributed by atoms with Gasteiger partial charge in [-0.15, -0.1) is 0 Å². The van der Waals surface area contributed by atoms with Crippen molar-refractivity contribution in [1.82, 2.24) is 5.32 Å². The Morgan fingerprint density at radius 2 is 1.74 bits per heavy atom. The highest BCUT2D eigenvalue weighted by molar-refractivity contribution is 5.75. The van der Waals surface area contributed by atoms with E-state index in [0.29, 0.717) is 38.5 Å².